The number of hydrogen-bond donors (Lipinski definition) is 1. The smallest absolute Gasteiger partial charge is 0.224 e. The van der Waals surface area contributed by atoms with Gasteiger partial charge in [-0.3, -0.25) is 15.1 Å². The van der Waals surface area contributed by atoms with Gasteiger partial charge in [-0.15, -0.1) is 0 Å². The number of rotatable bonds is 3. The average molecular weight is 383 g/mol. The second-order valence-corrected chi connectivity index (χ2v) is 7.77. The van der Waals surface area contributed by atoms with Crippen molar-refractivity contribution in [1.82, 2.24) is 9.97 Å². The zero-order valence-electron chi connectivity index (χ0n) is 16.1. The Morgan fingerprint density at radius 3 is 2.79 bits per heavy atom. The highest BCUT2D eigenvalue weighted by molar-refractivity contribution is 5.87. The number of pyridine rings is 1. The van der Waals surface area contributed by atoms with Gasteiger partial charge < -0.3 is 4.98 Å². The molecule has 2 aromatic heterocycles. The maximum Gasteiger partial charge on any atom is 0.224 e. The second kappa shape index (κ2) is 6.85. The van der Waals surface area contributed by atoms with Crippen LogP contribution in [0.2, 0.25) is 0 Å². The monoisotopic (exact) mass is 383 g/mol. The van der Waals surface area contributed by atoms with E-state index in [4.69, 9.17) is 0 Å². The van der Waals surface area contributed by atoms with Gasteiger partial charge in [0, 0.05) is 40.8 Å². The Bertz CT molecular complexity index is 1210. The summed E-state index contributed by atoms with van der Waals surface area (Å²) in [5.41, 5.74) is 7.53. The van der Waals surface area contributed by atoms with Gasteiger partial charge in [0.2, 0.25) is 6.04 Å². The summed E-state index contributed by atoms with van der Waals surface area (Å²) >= 11 is 0. The maximum atomic E-state index is 12.0. The van der Waals surface area contributed by atoms with Crippen LogP contribution in [0.25, 0.3) is 22.0 Å². The Balaban J connectivity index is 1.72. The first kappa shape index (κ1) is 17.6. The van der Waals surface area contributed by atoms with Gasteiger partial charge in [0.05, 0.1) is 5.92 Å². The lowest BCUT2D eigenvalue weighted by Gasteiger charge is -2.29. The highest BCUT2D eigenvalue weighted by Crippen LogP contribution is 2.42. The van der Waals surface area contributed by atoms with Crippen LogP contribution in [0, 0.1) is 17.0 Å². The summed E-state index contributed by atoms with van der Waals surface area (Å²) in [5, 5.41) is 13.1. The number of aromatic nitrogens is 2. The molecular weight excluding hydrogens is 362 g/mol. The third-order valence-electron chi connectivity index (χ3n) is 6.13. The largest absolute Gasteiger partial charge is 0.361 e. The van der Waals surface area contributed by atoms with Gasteiger partial charge >= 0.3 is 0 Å². The van der Waals surface area contributed by atoms with Crippen molar-refractivity contribution in [3.63, 3.8) is 0 Å². The van der Waals surface area contributed by atoms with E-state index >= 15 is 0 Å². The van der Waals surface area contributed by atoms with E-state index in [0.29, 0.717) is 6.42 Å². The zero-order chi connectivity index (χ0) is 20.0. The van der Waals surface area contributed by atoms with Crippen LogP contribution in [0.3, 0.4) is 0 Å². The van der Waals surface area contributed by atoms with E-state index in [-0.39, 0.29) is 10.8 Å². The minimum atomic E-state index is -0.633. The number of nitrogens with one attached hydrogen (secondary N) is 1. The Morgan fingerprint density at radius 2 is 2.00 bits per heavy atom. The van der Waals surface area contributed by atoms with Gasteiger partial charge in [-0.2, -0.15) is 0 Å². The molecule has 1 N–H and O–H groups in total. The first-order valence-electron chi connectivity index (χ1n) is 9.87. The molecule has 0 fully saturated rings. The number of para-hydroxylation sites is 1. The SMILES string of the molecule is Cc1cccc2c([C@H]3c4cc(-c5cccnc5)ccc4CC[C@@H]3[N+](=O)[O-])c[nH]c12. The van der Waals surface area contributed by atoms with Crippen molar-refractivity contribution >= 4 is 10.9 Å². The summed E-state index contributed by atoms with van der Waals surface area (Å²) < 4.78 is 0. The van der Waals surface area contributed by atoms with Gasteiger partial charge in [-0.25, -0.2) is 0 Å². The van der Waals surface area contributed by atoms with E-state index in [1.54, 1.807) is 6.20 Å². The summed E-state index contributed by atoms with van der Waals surface area (Å²) in [6, 6.07) is 15.8. The molecule has 144 valence electrons. The number of nitro groups is 1. The molecule has 1 aliphatic carbocycles. The van der Waals surface area contributed by atoms with Crippen molar-refractivity contribution in [2.45, 2.75) is 31.7 Å². The molecule has 0 radical (unpaired) electrons. The number of nitrogens with zero attached hydrogens (tertiary/aromatic N) is 2. The Hall–Kier alpha value is -3.47. The van der Waals surface area contributed by atoms with Crippen LogP contribution in [0.5, 0.6) is 0 Å². The van der Waals surface area contributed by atoms with Crippen LogP contribution in [0.1, 0.15) is 34.6 Å². The molecule has 0 unspecified atom stereocenters. The van der Waals surface area contributed by atoms with E-state index in [9.17, 15) is 10.1 Å². The molecule has 1 aliphatic rings. The highest BCUT2D eigenvalue weighted by atomic mass is 16.6. The third kappa shape index (κ3) is 2.90. The summed E-state index contributed by atoms with van der Waals surface area (Å²) in [6.07, 6.45) is 6.83. The number of H-pyrrole nitrogens is 1. The third-order valence-corrected chi connectivity index (χ3v) is 6.13. The van der Waals surface area contributed by atoms with Crippen LogP contribution < -0.4 is 0 Å². The van der Waals surface area contributed by atoms with Crippen LogP contribution >= 0.6 is 0 Å². The summed E-state index contributed by atoms with van der Waals surface area (Å²) in [5.74, 6) is -0.277. The molecular formula is C24H21N3O2. The minimum Gasteiger partial charge on any atom is -0.361 e. The highest BCUT2D eigenvalue weighted by Gasteiger charge is 2.40. The van der Waals surface area contributed by atoms with Gasteiger partial charge in [-0.1, -0.05) is 36.4 Å². The number of fused-ring (bicyclic) bond motifs is 2. The molecule has 0 saturated carbocycles. The predicted octanol–water partition coefficient (Wildman–Crippen LogP) is 5.26. The van der Waals surface area contributed by atoms with Gasteiger partial charge in [0.15, 0.2) is 0 Å². The second-order valence-electron chi connectivity index (χ2n) is 7.77. The maximum absolute atomic E-state index is 12.0. The standard InChI is InChI=1S/C24H21N3O2/c1-15-4-2-6-19-21(14-26-24(15)19)23-20-12-17(18-5-3-11-25-13-18)8-7-16(20)9-10-22(23)27(28)29/h2-8,11-14,22-23,26H,9-10H2,1H3/t22-,23+/m0/s1. The molecule has 0 aliphatic heterocycles. The van der Waals surface area contributed by atoms with Crippen LogP contribution in [-0.2, 0) is 6.42 Å². The number of aromatic amines is 1. The molecule has 5 nitrogen and oxygen atoms in total. The molecule has 0 amide bonds. The zero-order valence-corrected chi connectivity index (χ0v) is 16.1. The molecule has 2 heterocycles. The fourth-order valence-electron chi connectivity index (χ4n) is 4.69. The van der Waals surface area contributed by atoms with Crippen LogP contribution in [-0.4, -0.2) is 20.9 Å². The number of hydrogen-bond acceptors (Lipinski definition) is 3. The molecule has 5 rings (SSSR count). The predicted molar refractivity (Wildman–Crippen MR) is 114 cm³/mol. The Morgan fingerprint density at radius 1 is 1.10 bits per heavy atom. The van der Waals surface area contributed by atoms with Gasteiger partial charge in [0.1, 0.15) is 0 Å². The molecule has 2 atom stereocenters. The van der Waals surface area contributed by atoms with Crippen molar-refractivity contribution in [2.75, 3.05) is 0 Å². The van der Waals surface area contributed by atoms with E-state index in [1.807, 2.05) is 30.6 Å². The summed E-state index contributed by atoms with van der Waals surface area (Å²) in [4.78, 5) is 19.5. The molecule has 29 heavy (non-hydrogen) atoms. The Labute approximate surface area is 168 Å². The topological polar surface area (TPSA) is 71.8 Å². The lowest BCUT2D eigenvalue weighted by Crippen LogP contribution is -2.33. The lowest BCUT2D eigenvalue weighted by molar-refractivity contribution is -0.526. The fourth-order valence-corrected chi connectivity index (χ4v) is 4.69. The molecule has 4 aromatic rings. The van der Waals surface area contributed by atoms with E-state index < -0.39 is 6.04 Å². The molecule has 0 saturated heterocycles. The average Bonchev–Trinajstić information content (AvgIpc) is 3.18. The van der Waals surface area contributed by atoms with Crippen molar-refractivity contribution in [3.8, 4) is 11.1 Å². The van der Waals surface area contributed by atoms with Crippen LogP contribution in [0.4, 0.5) is 0 Å². The minimum absolute atomic E-state index is 0.0982. The first-order chi connectivity index (χ1) is 14.1. The number of benzene rings is 2. The normalized spacial score (nSPS) is 18.5. The molecule has 0 bridgehead atoms. The van der Waals surface area contributed by atoms with Crippen molar-refractivity contribution in [1.29, 1.82) is 0 Å². The van der Waals surface area contributed by atoms with Crippen molar-refractivity contribution < 1.29 is 4.92 Å². The van der Waals surface area contributed by atoms with Gasteiger partial charge in [-0.05, 0) is 58.9 Å². The number of aryl methyl sites for hydroxylation is 2. The summed E-state index contributed by atoms with van der Waals surface area (Å²) in [6.45, 7) is 2.06. The fraction of sp³-hybridized carbons (Fsp3) is 0.208. The molecule has 2 aromatic carbocycles. The van der Waals surface area contributed by atoms with Crippen molar-refractivity contribution in [2.24, 2.45) is 0 Å². The quantitative estimate of drug-likeness (QED) is 0.387. The molecule has 5 heteroatoms. The Kier molecular flexibility index (Phi) is 4.16. The molecule has 0 spiro atoms. The van der Waals surface area contributed by atoms with E-state index in [2.05, 4.69) is 47.2 Å². The van der Waals surface area contributed by atoms with Crippen LogP contribution in [0.15, 0.2) is 67.1 Å². The van der Waals surface area contributed by atoms with Gasteiger partial charge in [0.25, 0.3) is 0 Å². The summed E-state index contributed by atoms with van der Waals surface area (Å²) in [7, 11) is 0. The van der Waals surface area contributed by atoms with E-state index in [0.717, 1.165) is 45.1 Å². The first-order valence-corrected chi connectivity index (χ1v) is 9.87. The lowest BCUT2D eigenvalue weighted by atomic mass is 9.75. The van der Waals surface area contributed by atoms with Crippen molar-refractivity contribution in [3.05, 3.63) is 99.5 Å². The van der Waals surface area contributed by atoms with E-state index in [1.165, 1.54) is 5.56 Å².